The average Bonchev–Trinajstić information content (AvgIpc) is 2.32. The van der Waals surface area contributed by atoms with Crippen molar-refractivity contribution in [3.63, 3.8) is 0 Å². The monoisotopic (exact) mass is 367 g/mol. The molecule has 0 saturated carbocycles. The number of hydrogen-bond acceptors (Lipinski definition) is 1. The molecule has 0 amide bonds. The van der Waals surface area contributed by atoms with Gasteiger partial charge in [-0.05, 0) is 36.4 Å². The third-order valence-corrected chi connectivity index (χ3v) is 3.27. The quantitative estimate of drug-likeness (QED) is 0.641. The van der Waals surface area contributed by atoms with E-state index >= 15 is 0 Å². The number of hydrogen-bond donors (Lipinski definition) is 1. The normalized spacial score (nSPS) is 11.5. The summed E-state index contributed by atoms with van der Waals surface area (Å²) in [7, 11) is 0. The molecule has 2 aromatic carbocycles. The first kappa shape index (κ1) is 15.1. The van der Waals surface area contributed by atoms with Crippen molar-refractivity contribution in [3.8, 4) is 0 Å². The van der Waals surface area contributed by atoms with E-state index in [0.717, 1.165) is 12.1 Å². The molecule has 2 rings (SSSR count). The second-order valence-corrected chi connectivity index (χ2v) is 5.26. The molecule has 106 valence electrons. The molecule has 0 atom stereocenters. The summed E-state index contributed by atoms with van der Waals surface area (Å²) in [5.41, 5.74) is -0.698. The molecule has 0 aromatic heterocycles. The van der Waals surface area contributed by atoms with E-state index < -0.39 is 17.6 Å². The maximum atomic E-state index is 13.0. The molecule has 0 bridgehead atoms. The van der Waals surface area contributed by atoms with Crippen LogP contribution >= 0.6 is 27.5 Å². The van der Waals surface area contributed by atoms with Crippen LogP contribution in [0.4, 0.5) is 28.9 Å². The van der Waals surface area contributed by atoms with Crippen LogP contribution < -0.4 is 5.32 Å². The van der Waals surface area contributed by atoms with Crippen LogP contribution in [0.3, 0.4) is 0 Å². The zero-order valence-electron chi connectivity index (χ0n) is 9.73. The van der Waals surface area contributed by atoms with Crippen LogP contribution in [0.25, 0.3) is 0 Å². The van der Waals surface area contributed by atoms with E-state index in [1.807, 2.05) is 0 Å². The van der Waals surface area contributed by atoms with E-state index in [-0.39, 0.29) is 16.4 Å². The minimum Gasteiger partial charge on any atom is -0.355 e. The Balaban J connectivity index is 2.42. The van der Waals surface area contributed by atoms with Gasteiger partial charge in [-0.15, -0.1) is 0 Å². The van der Waals surface area contributed by atoms with Gasteiger partial charge in [-0.25, -0.2) is 4.39 Å². The van der Waals surface area contributed by atoms with Gasteiger partial charge in [0.1, 0.15) is 5.82 Å². The fraction of sp³-hybridized carbons (Fsp3) is 0.0769. The van der Waals surface area contributed by atoms with Gasteiger partial charge < -0.3 is 5.32 Å². The second kappa shape index (κ2) is 5.61. The lowest BCUT2D eigenvalue weighted by Crippen LogP contribution is -2.08. The Labute approximate surface area is 125 Å². The van der Waals surface area contributed by atoms with Crippen LogP contribution in [0.5, 0.6) is 0 Å². The van der Waals surface area contributed by atoms with Crippen LogP contribution in [0, 0.1) is 5.82 Å². The van der Waals surface area contributed by atoms with Gasteiger partial charge in [0.15, 0.2) is 0 Å². The maximum absolute atomic E-state index is 13.0. The second-order valence-electron chi connectivity index (χ2n) is 3.94. The van der Waals surface area contributed by atoms with Crippen molar-refractivity contribution in [2.45, 2.75) is 6.18 Å². The summed E-state index contributed by atoms with van der Waals surface area (Å²) in [5, 5.41) is 2.42. The molecule has 0 aliphatic rings. The molecule has 0 aliphatic heterocycles. The van der Waals surface area contributed by atoms with Gasteiger partial charge in [-0.2, -0.15) is 13.2 Å². The molecule has 2 aromatic rings. The van der Waals surface area contributed by atoms with E-state index in [1.54, 1.807) is 0 Å². The Hall–Kier alpha value is -1.27. The number of anilines is 2. The van der Waals surface area contributed by atoms with E-state index in [2.05, 4.69) is 21.2 Å². The molecule has 0 spiro atoms. The molecular weight excluding hydrogens is 361 g/mol. The molecule has 0 fully saturated rings. The van der Waals surface area contributed by atoms with E-state index in [0.29, 0.717) is 4.47 Å². The summed E-state index contributed by atoms with van der Waals surface area (Å²) < 4.78 is 52.2. The van der Waals surface area contributed by atoms with E-state index in [4.69, 9.17) is 11.6 Å². The summed E-state index contributed by atoms with van der Waals surface area (Å²) in [4.78, 5) is 0. The van der Waals surface area contributed by atoms with Crippen LogP contribution in [0.1, 0.15) is 5.56 Å². The number of benzene rings is 2. The largest absolute Gasteiger partial charge is 0.418 e. The molecule has 20 heavy (non-hydrogen) atoms. The van der Waals surface area contributed by atoms with Crippen LogP contribution in [0.15, 0.2) is 40.9 Å². The van der Waals surface area contributed by atoms with Crippen molar-refractivity contribution < 1.29 is 17.6 Å². The number of rotatable bonds is 2. The predicted molar refractivity (Wildman–Crippen MR) is 73.8 cm³/mol. The lowest BCUT2D eigenvalue weighted by Gasteiger charge is -2.15. The number of halogens is 6. The molecule has 0 aliphatic carbocycles. The minimum atomic E-state index is -4.49. The van der Waals surface area contributed by atoms with E-state index in [9.17, 15) is 17.6 Å². The maximum Gasteiger partial charge on any atom is 0.418 e. The van der Waals surface area contributed by atoms with Crippen molar-refractivity contribution >= 4 is 38.9 Å². The number of alkyl halides is 3. The number of nitrogens with one attached hydrogen (secondary N) is 1. The summed E-state index contributed by atoms with van der Waals surface area (Å²) in [6.45, 7) is 0. The Morgan fingerprint density at radius 3 is 2.35 bits per heavy atom. The topological polar surface area (TPSA) is 12.0 Å². The smallest absolute Gasteiger partial charge is 0.355 e. The van der Waals surface area contributed by atoms with Gasteiger partial charge in [-0.3, -0.25) is 0 Å². The average molecular weight is 369 g/mol. The van der Waals surface area contributed by atoms with Crippen molar-refractivity contribution in [2.75, 3.05) is 5.32 Å². The van der Waals surface area contributed by atoms with Gasteiger partial charge in [0.25, 0.3) is 0 Å². The van der Waals surface area contributed by atoms with Gasteiger partial charge in [-0.1, -0.05) is 27.5 Å². The third-order valence-electron chi connectivity index (χ3n) is 2.49. The lowest BCUT2D eigenvalue weighted by molar-refractivity contribution is -0.136. The lowest BCUT2D eigenvalue weighted by atomic mass is 10.1. The molecule has 0 heterocycles. The Kier molecular flexibility index (Phi) is 4.25. The summed E-state index contributed by atoms with van der Waals surface area (Å²) in [6, 6.07) is 7.15. The van der Waals surface area contributed by atoms with Crippen molar-refractivity contribution in [1.82, 2.24) is 0 Å². The van der Waals surface area contributed by atoms with Crippen molar-refractivity contribution in [1.29, 1.82) is 0 Å². The highest BCUT2D eigenvalue weighted by Crippen LogP contribution is 2.37. The Bertz CT molecular complexity index is 643. The van der Waals surface area contributed by atoms with E-state index in [1.165, 1.54) is 24.3 Å². The molecule has 1 N–H and O–H groups in total. The van der Waals surface area contributed by atoms with Gasteiger partial charge in [0.2, 0.25) is 0 Å². The van der Waals surface area contributed by atoms with Crippen LogP contribution in [-0.2, 0) is 6.18 Å². The first-order valence-electron chi connectivity index (χ1n) is 5.36. The molecular formula is C13H7BrClF4N. The molecule has 0 radical (unpaired) electrons. The fourth-order valence-electron chi connectivity index (χ4n) is 1.60. The summed E-state index contributed by atoms with van der Waals surface area (Å²) in [6.07, 6.45) is -4.49. The predicted octanol–water partition coefficient (Wildman–Crippen LogP) is 6.00. The molecule has 1 nitrogen and oxygen atoms in total. The summed E-state index contributed by atoms with van der Waals surface area (Å²) >= 11 is 8.70. The Morgan fingerprint density at radius 1 is 1.05 bits per heavy atom. The minimum absolute atomic E-state index is 0.144. The fourth-order valence-corrected chi connectivity index (χ4v) is 2.14. The highest BCUT2D eigenvalue weighted by molar-refractivity contribution is 9.10. The van der Waals surface area contributed by atoms with Crippen LogP contribution in [0.2, 0.25) is 5.02 Å². The van der Waals surface area contributed by atoms with Gasteiger partial charge >= 0.3 is 6.18 Å². The van der Waals surface area contributed by atoms with Crippen LogP contribution in [-0.4, -0.2) is 0 Å². The highest BCUT2D eigenvalue weighted by Gasteiger charge is 2.33. The van der Waals surface area contributed by atoms with Gasteiger partial charge in [0, 0.05) is 10.2 Å². The Morgan fingerprint density at radius 2 is 1.75 bits per heavy atom. The molecule has 7 heteroatoms. The highest BCUT2D eigenvalue weighted by atomic mass is 79.9. The van der Waals surface area contributed by atoms with Crippen molar-refractivity contribution in [2.24, 2.45) is 0 Å². The van der Waals surface area contributed by atoms with Gasteiger partial charge in [0.05, 0.1) is 16.3 Å². The van der Waals surface area contributed by atoms with Crippen molar-refractivity contribution in [3.05, 3.63) is 57.3 Å². The summed E-state index contributed by atoms with van der Waals surface area (Å²) in [5.74, 6) is -0.637. The zero-order chi connectivity index (χ0) is 14.9. The standard InChI is InChI=1S/C13H7BrClF4N/c14-7-1-3-9(13(17,18)19)12(5-7)20-8-2-4-11(16)10(15)6-8/h1-6,20H. The molecule has 0 unspecified atom stereocenters. The third kappa shape index (κ3) is 3.43. The molecule has 0 saturated heterocycles. The first-order valence-corrected chi connectivity index (χ1v) is 6.53. The first-order chi connectivity index (χ1) is 9.27. The zero-order valence-corrected chi connectivity index (χ0v) is 12.1. The SMILES string of the molecule is Fc1ccc(Nc2cc(Br)ccc2C(F)(F)F)cc1Cl.